The number of carbonyl (C=O) groups is 1. The van der Waals surface area contributed by atoms with Gasteiger partial charge in [0.25, 0.3) is 0 Å². The lowest BCUT2D eigenvalue weighted by Crippen LogP contribution is -2.28. The van der Waals surface area contributed by atoms with Crippen molar-refractivity contribution in [1.82, 2.24) is 0 Å². The molecule has 0 unspecified atom stereocenters. The van der Waals surface area contributed by atoms with Gasteiger partial charge in [0.1, 0.15) is 5.41 Å². The van der Waals surface area contributed by atoms with Gasteiger partial charge >= 0.3 is 5.97 Å². The quantitative estimate of drug-likeness (QED) is 0.703. The maximum absolute atomic E-state index is 11.4. The summed E-state index contributed by atoms with van der Waals surface area (Å²) in [7, 11) is -1.89. The van der Waals surface area contributed by atoms with Gasteiger partial charge in [0, 0.05) is 12.9 Å². The maximum atomic E-state index is 11.4. The van der Waals surface area contributed by atoms with Gasteiger partial charge in [0.2, 0.25) is 0 Å². The average molecular weight is 222 g/mol. The minimum atomic E-state index is -3.26. The van der Waals surface area contributed by atoms with E-state index in [2.05, 4.69) is 0 Å². The highest BCUT2D eigenvalue weighted by Crippen LogP contribution is 2.51. The maximum Gasteiger partial charge on any atom is 0.313 e. The van der Waals surface area contributed by atoms with Gasteiger partial charge in [-0.3, -0.25) is 4.79 Å². The van der Waals surface area contributed by atoms with Crippen LogP contribution >= 0.6 is 0 Å². The predicted octanol–water partition coefficient (Wildman–Crippen LogP) is -0.0892. The Labute approximate surface area is 83.0 Å². The van der Waals surface area contributed by atoms with E-state index in [4.69, 9.17) is 9.84 Å². The SMILES string of the molecule is CCS(=O)(=O)[C@H]1C[C@]1(COC)C(=O)O. The molecule has 0 heterocycles. The first-order valence-corrected chi connectivity index (χ1v) is 6.06. The van der Waals surface area contributed by atoms with Crippen LogP contribution in [0.2, 0.25) is 0 Å². The molecule has 0 aromatic heterocycles. The van der Waals surface area contributed by atoms with Crippen molar-refractivity contribution in [2.75, 3.05) is 19.5 Å². The van der Waals surface area contributed by atoms with E-state index in [0.717, 1.165) is 0 Å². The largest absolute Gasteiger partial charge is 0.481 e. The summed E-state index contributed by atoms with van der Waals surface area (Å²) in [4.78, 5) is 10.9. The van der Waals surface area contributed by atoms with E-state index < -0.39 is 26.5 Å². The van der Waals surface area contributed by atoms with Crippen molar-refractivity contribution < 1.29 is 23.1 Å². The number of carboxylic acid groups (broad SMARTS) is 1. The van der Waals surface area contributed by atoms with E-state index in [1.54, 1.807) is 0 Å². The van der Waals surface area contributed by atoms with Gasteiger partial charge in [-0.05, 0) is 6.42 Å². The molecule has 0 amide bonds. The Kier molecular flexibility index (Phi) is 2.87. The molecular weight excluding hydrogens is 208 g/mol. The number of aliphatic carboxylic acids is 1. The van der Waals surface area contributed by atoms with Gasteiger partial charge in [0.15, 0.2) is 9.84 Å². The van der Waals surface area contributed by atoms with Gasteiger partial charge in [-0.25, -0.2) is 8.42 Å². The molecule has 2 atom stereocenters. The number of ether oxygens (including phenoxy) is 1. The lowest BCUT2D eigenvalue weighted by molar-refractivity contribution is -0.145. The molecule has 1 aliphatic rings. The van der Waals surface area contributed by atoms with Crippen molar-refractivity contribution in [3.8, 4) is 0 Å². The Morgan fingerprint density at radius 2 is 2.21 bits per heavy atom. The van der Waals surface area contributed by atoms with E-state index >= 15 is 0 Å². The van der Waals surface area contributed by atoms with Crippen LogP contribution in [0.4, 0.5) is 0 Å². The minimum Gasteiger partial charge on any atom is -0.481 e. The van der Waals surface area contributed by atoms with Crippen molar-refractivity contribution in [1.29, 1.82) is 0 Å². The lowest BCUT2D eigenvalue weighted by Gasteiger charge is -2.10. The number of rotatable bonds is 5. The van der Waals surface area contributed by atoms with Crippen molar-refractivity contribution in [3.05, 3.63) is 0 Å². The Balaban J connectivity index is 2.86. The van der Waals surface area contributed by atoms with Crippen molar-refractivity contribution >= 4 is 15.8 Å². The Morgan fingerprint density at radius 3 is 2.57 bits per heavy atom. The lowest BCUT2D eigenvalue weighted by atomic mass is 10.1. The van der Waals surface area contributed by atoms with Gasteiger partial charge in [0.05, 0.1) is 11.9 Å². The summed E-state index contributed by atoms with van der Waals surface area (Å²) in [5, 5.41) is 8.15. The molecule has 1 saturated carbocycles. The monoisotopic (exact) mass is 222 g/mol. The molecular formula is C8H14O5S. The smallest absolute Gasteiger partial charge is 0.313 e. The molecule has 0 aromatic rings. The van der Waals surface area contributed by atoms with Crippen LogP contribution < -0.4 is 0 Å². The van der Waals surface area contributed by atoms with E-state index in [1.165, 1.54) is 14.0 Å². The Morgan fingerprint density at radius 1 is 1.64 bits per heavy atom. The Hall–Kier alpha value is -0.620. The molecule has 0 aliphatic heterocycles. The summed E-state index contributed by atoms with van der Waals surface area (Å²) in [6, 6.07) is 0. The third-order valence-electron chi connectivity index (χ3n) is 2.67. The fraction of sp³-hybridized carbons (Fsp3) is 0.875. The van der Waals surface area contributed by atoms with Crippen LogP contribution in [0.25, 0.3) is 0 Å². The predicted molar refractivity (Wildman–Crippen MR) is 49.8 cm³/mol. The first-order valence-electron chi connectivity index (χ1n) is 4.34. The number of methoxy groups -OCH3 is 1. The summed E-state index contributed by atoms with van der Waals surface area (Å²) >= 11 is 0. The zero-order valence-corrected chi connectivity index (χ0v) is 9.00. The van der Waals surface area contributed by atoms with Crippen LogP contribution in [0, 0.1) is 5.41 Å². The molecule has 0 spiro atoms. The molecule has 1 N–H and O–H groups in total. The molecule has 1 aliphatic carbocycles. The molecule has 1 fully saturated rings. The number of hydrogen-bond acceptors (Lipinski definition) is 4. The highest BCUT2D eigenvalue weighted by molar-refractivity contribution is 7.92. The zero-order chi connectivity index (χ0) is 11.0. The van der Waals surface area contributed by atoms with Crippen LogP contribution in [0.5, 0.6) is 0 Å². The van der Waals surface area contributed by atoms with E-state index in [1.807, 2.05) is 0 Å². The number of sulfone groups is 1. The normalized spacial score (nSPS) is 31.4. The molecule has 82 valence electrons. The molecule has 0 saturated heterocycles. The third kappa shape index (κ3) is 1.64. The second-order valence-electron chi connectivity index (χ2n) is 3.54. The average Bonchev–Trinajstić information content (AvgIpc) is 2.82. The molecule has 0 bridgehead atoms. The second-order valence-corrected chi connectivity index (χ2v) is 6.01. The van der Waals surface area contributed by atoms with E-state index in [0.29, 0.717) is 0 Å². The molecule has 0 aromatic carbocycles. The van der Waals surface area contributed by atoms with Crippen LogP contribution in [-0.2, 0) is 19.4 Å². The van der Waals surface area contributed by atoms with Crippen molar-refractivity contribution in [2.45, 2.75) is 18.6 Å². The fourth-order valence-electron chi connectivity index (χ4n) is 1.64. The highest BCUT2D eigenvalue weighted by Gasteiger charge is 2.66. The molecule has 5 nitrogen and oxygen atoms in total. The number of hydrogen-bond donors (Lipinski definition) is 1. The first kappa shape index (κ1) is 11.5. The van der Waals surface area contributed by atoms with Crippen LogP contribution in [-0.4, -0.2) is 44.2 Å². The first-order chi connectivity index (χ1) is 6.40. The fourth-order valence-corrected chi connectivity index (χ4v) is 3.45. The molecule has 0 radical (unpaired) electrons. The third-order valence-corrected chi connectivity index (χ3v) is 4.96. The molecule has 1 rings (SSSR count). The van der Waals surface area contributed by atoms with Gasteiger partial charge in [-0.1, -0.05) is 6.92 Å². The van der Waals surface area contributed by atoms with Gasteiger partial charge < -0.3 is 9.84 Å². The highest BCUT2D eigenvalue weighted by atomic mass is 32.2. The molecule has 6 heteroatoms. The Bertz CT molecular complexity index is 334. The van der Waals surface area contributed by atoms with Crippen LogP contribution in [0.15, 0.2) is 0 Å². The summed E-state index contributed by atoms with van der Waals surface area (Å²) in [5.74, 6) is -1.10. The molecule has 14 heavy (non-hydrogen) atoms. The van der Waals surface area contributed by atoms with Crippen LogP contribution in [0.3, 0.4) is 0 Å². The summed E-state index contributed by atoms with van der Waals surface area (Å²) in [5.41, 5.74) is -1.19. The zero-order valence-electron chi connectivity index (χ0n) is 8.19. The van der Waals surface area contributed by atoms with E-state index in [9.17, 15) is 13.2 Å². The van der Waals surface area contributed by atoms with Gasteiger partial charge in [-0.2, -0.15) is 0 Å². The van der Waals surface area contributed by atoms with Crippen LogP contribution in [0.1, 0.15) is 13.3 Å². The summed E-state index contributed by atoms with van der Waals surface area (Å²) in [6.07, 6.45) is 0.173. The topological polar surface area (TPSA) is 80.7 Å². The van der Waals surface area contributed by atoms with Crippen molar-refractivity contribution in [3.63, 3.8) is 0 Å². The van der Waals surface area contributed by atoms with Gasteiger partial charge in [-0.15, -0.1) is 0 Å². The van der Waals surface area contributed by atoms with E-state index in [-0.39, 0.29) is 18.8 Å². The summed E-state index contributed by atoms with van der Waals surface area (Å²) in [6.45, 7) is 1.49. The standard InChI is InChI=1S/C8H14O5S/c1-3-14(11,12)6-4-8(6,5-13-2)7(9)10/h6H,3-5H2,1-2H3,(H,9,10)/t6-,8+/m0/s1. The van der Waals surface area contributed by atoms with Crippen molar-refractivity contribution in [2.24, 2.45) is 5.41 Å². The minimum absolute atomic E-state index is 0.0174. The number of carboxylic acids is 1. The second kappa shape index (κ2) is 3.51. The summed E-state index contributed by atoms with van der Waals surface area (Å²) < 4.78 is 27.6.